The Morgan fingerprint density at radius 3 is 2.31 bits per heavy atom. The Bertz CT molecular complexity index is 1540. The third-order valence-electron chi connectivity index (χ3n) is 7.57. The van der Waals surface area contributed by atoms with E-state index in [0.717, 1.165) is 11.1 Å². The summed E-state index contributed by atoms with van der Waals surface area (Å²) in [6.45, 7) is 3.94. The van der Waals surface area contributed by atoms with Crippen LogP contribution in [-0.2, 0) is 19.6 Å². The van der Waals surface area contributed by atoms with Crippen molar-refractivity contribution in [3.63, 3.8) is 0 Å². The molecule has 0 bridgehead atoms. The molecule has 2 heterocycles. The van der Waals surface area contributed by atoms with Gasteiger partial charge in [-0.15, -0.1) is 0 Å². The van der Waals surface area contributed by atoms with Crippen LogP contribution in [0.5, 0.6) is 5.75 Å². The van der Waals surface area contributed by atoms with Crippen molar-refractivity contribution in [1.82, 2.24) is 14.1 Å². The predicted molar refractivity (Wildman–Crippen MR) is 162 cm³/mol. The zero-order valence-corrected chi connectivity index (χ0v) is 25.0. The van der Waals surface area contributed by atoms with Crippen molar-refractivity contribution < 1.29 is 27.5 Å². The Kier molecular flexibility index (Phi) is 8.85. The van der Waals surface area contributed by atoms with Crippen LogP contribution in [0.2, 0.25) is 0 Å². The number of ether oxygens (including phenoxy) is 2. The van der Waals surface area contributed by atoms with Crippen molar-refractivity contribution in [2.24, 2.45) is 0 Å². The molecule has 0 aromatic heterocycles. The molecule has 2 saturated heterocycles. The van der Waals surface area contributed by atoms with E-state index in [1.54, 1.807) is 47.4 Å². The Morgan fingerprint density at radius 2 is 1.62 bits per heavy atom. The molecule has 3 aromatic carbocycles. The van der Waals surface area contributed by atoms with Crippen molar-refractivity contribution in [2.75, 3.05) is 76.9 Å². The van der Waals surface area contributed by atoms with Crippen LogP contribution in [0.25, 0.3) is 10.8 Å². The summed E-state index contributed by atoms with van der Waals surface area (Å²) in [6, 6.07) is 16.3. The maximum Gasteiger partial charge on any atom is 0.321 e. The molecule has 224 valence electrons. The number of benzene rings is 3. The van der Waals surface area contributed by atoms with E-state index >= 15 is 0 Å². The van der Waals surface area contributed by atoms with Gasteiger partial charge in [0.15, 0.2) is 0 Å². The summed E-state index contributed by atoms with van der Waals surface area (Å²) in [6.07, 6.45) is 0. The molecule has 2 aliphatic rings. The van der Waals surface area contributed by atoms with Gasteiger partial charge in [-0.05, 0) is 43.3 Å². The van der Waals surface area contributed by atoms with Crippen LogP contribution in [0.4, 0.5) is 16.2 Å². The number of anilines is 2. The molecule has 1 atom stereocenters. The Labute approximate surface area is 246 Å². The van der Waals surface area contributed by atoms with Gasteiger partial charge in [-0.1, -0.05) is 24.3 Å². The van der Waals surface area contributed by atoms with E-state index in [2.05, 4.69) is 5.32 Å². The van der Waals surface area contributed by atoms with E-state index in [-0.39, 0.29) is 30.4 Å². The second-order valence-electron chi connectivity index (χ2n) is 10.4. The highest BCUT2D eigenvalue weighted by Crippen LogP contribution is 2.33. The summed E-state index contributed by atoms with van der Waals surface area (Å²) in [5.74, 6) is 0.353. The number of rotatable bonds is 7. The monoisotopic (exact) mass is 595 g/mol. The molecule has 0 aliphatic carbocycles. The fraction of sp³-hybridized carbons (Fsp3) is 0.400. The van der Waals surface area contributed by atoms with Crippen LogP contribution in [0.15, 0.2) is 65.6 Å². The lowest BCUT2D eigenvalue weighted by molar-refractivity contribution is -0.140. The Balaban J connectivity index is 1.45. The number of hydrogen-bond donors (Lipinski definition) is 1. The van der Waals surface area contributed by atoms with Crippen molar-refractivity contribution in [2.45, 2.75) is 17.9 Å². The number of nitrogens with one attached hydrogen (secondary N) is 1. The molecule has 2 fully saturated rings. The van der Waals surface area contributed by atoms with Gasteiger partial charge in [-0.3, -0.25) is 4.79 Å². The molecule has 3 amide bonds. The molecule has 0 saturated carbocycles. The molecule has 12 heteroatoms. The number of sulfonamides is 1. The van der Waals surface area contributed by atoms with E-state index in [1.807, 2.05) is 44.1 Å². The Morgan fingerprint density at radius 1 is 0.929 bits per heavy atom. The average molecular weight is 596 g/mol. The van der Waals surface area contributed by atoms with Crippen molar-refractivity contribution in [1.29, 1.82) is 0 Å². The lowest BCUT2D eigenvalue weighted by Gasteiger charge is -2.42. The van der Waals surface area contributed by atoms with Crippen LogP contribution in [0.3, 0.4) is 0 Å². The lowest BCUT2D eigenvalue weighted by atomic mass is 10.1. The largest absolute Gasteiger partial charge is 0.494 e. The van der Waals surface area contributed by atoms with Gasteiger partial charge in [0.05, 0.1) is 24.7 Å². The SMILES string of the molecule is CCOc1ccc(NC(=O)N2CCN(S(=O)(=O)c3cccc4c(N(C)C)cccc34)C(C(=O)N3CCOCC3)C2)cc1. The number of nitrogens with zero attached hydrogens (tertiary/aromatic N) is 4. The van der Waals surface area contributed by atoms with Gasteiger partial charge in [0.25, 0.3) is 0 Å². The predicted octanol–water partition coefficient (Wildman–Crippen LogP) is 3.07. The third-order valence-corrected chi connectivity index (χ3v) is 9.54. The minimum absolute atomic E-state index is 0.0243. The van der Waals surface area contributed by atoms with E-state index in [0.29, 0.717) is 49.7 Å². The van der Waals surface area contributed by atoms with E-state index < -0.39 is 22.1 Å². The zero-order chi connectivity index (χ0) is 29.9. The van der Waals surface area contributed by atoms with Crippen LogP contribution < -0.4 is 15.0 Å². The van der Waals surface area contributed by atoms with Gasteiger partial charge < -0.3 is 29.5 Å². The molecule has 3 aromatic rings. The number of carbonyl (C=O) groups excluding carboxylic acids is 2. The number of urea groups is 1. The highest BCUT2D eigenvalue weighted by Gasteiger charge is 2.43. The van der Waals surface area contributed by atoms with Gasteiger partial charge in [0.2, 0.25) is 15.9 Å². The van der Waals surface area contributed by atoms with Crippen LogP contribution in [0, 0.1) is 0 Å². The van der Waals surface area contributed by atoms with Crippen molar-refractivity contribution >= 4 is 44.1 Å². The molecule has 1 unspecified atom stereocenters. The van der Waals surface area contributed by atoms with Gasteiger partial charge in [-0.25, -0.2) is 13.2 Å². The van der Waals surface area contributed by atoms with E-state index in [4.69, 9.17) is 9.47 Å². The minimum Gasteiger partial charge on any atom is -0.494 e. The van der Waals surface area contributed by atoms with Crippen molar-refractivity contribution in [3.8, 4) is 5.75 Å². The number of morpholine rings is 1. The third kappa shape index (κ3) is 6.01. The van der Waals surface area contributed by atoms with Crippen LogP contribution in [0.1, 0.15) is 6.92 Å². The maximum atomic E-state index is 14.3. The molecular weight excluding hydrogens is 558 g/mol. The summed E-state index contributed by atoms with van der Waals surface area (Å²) in [5.41, 5.74) is 1.46. The standard InChI is InChI=1S/C30H37N5O6S/c1-4-41-23-13-11-22(12-14-23)31-30(37)34-15-16-35(27(21-34)29(36)33-17-19-40-20-18-33)42(38,39)28-10-6-7-24-25(28)8-5-9-26(24)32(2)3/h5-14,27H,4,15-21H2,1-3H3,(H,31,37). The second-order valence-corrected chi connectivity index (χ2v) is 12.3. The number of amides is 3. The average Bonchev–Trinajstić information content (AvgIpc) is 3.01. The van der Waals surface area contributed by atoms with Crippen LogP contribution >= 0.6 is 0 Å². The first-order valence-corrected chi connectivity index (χ1v) is 15.5. The van der Waals surface area contributed by atoms with Gasteiger partial charge >= 0.3 is 6.03 Å². The molecule has 1 N–H and O–H groups in total. The molecular formula is C30H37N5O6S. The number of carbonyl (C=O) groups is 2. The first-order chi connectivity index (χ1) is 20.2. The number of hydrogen-bond acceptors (Lipinski definition) is 7. The molecule has 5 rings (SSSR count). The molecule has 11 nitrogen and oxygen atoms in total. The summed E-state index contributed by atoms with van der Waals surface area (Å²) in [7, 11) is -0.304. The minimum atomic E-state index is -4.12. The molecule has 2 aliphatic heterocycles. The lowest BCUT2D eigenvalue weighted by Crippen LogP contribution is -2.63. The van der Waals surface area contributed by atoms with Crippen molar-refractivity contribution in [3.05, 3.63) is 60.7 Å². The fourth-order valence-electron chi connectivity index (χ4n) is 5.44. The molecule has 42 heavy (non-hydrogen) atoms. The second kappa shape index (κ2) is 12.6. The van der Waals surface area contributed by atoms with Crippen LogP contribution in [-0.4, -0.2) is 107 Å². The maximum absolute atomic E-state index is 14.3. The number of piperazine rings is 1. The number of fused-ring (bicyclic) bond motifs is 1. The zero-order valence-electron chi connectivity index (χ0n) is 24.2. The first kappa shape index (κ1) is 29.6. The fourth-order valence-corrected chi connectivity index (χ4v) is 7.22. The quantitative estimate of drug-likeness (QED) is 0.447. The molecule has 0 spiro atoms. The highest BCUT2D eigenvalue weighted by molar-refractivity contribution is 7.89. The highest BCUT2D eigenvalue weighted by atomic mass is 32.2. The summed E-state index contributed by atoms with van der Waals surface area (Å²) < 4.78 is 40.8. The van der Waals surface area contributed by atoms with Gasteiger partial charge in [0, 0.05) is 69.0 Å². The summed E-state index contributed by atoms with van der Waals surface area (Å²) >= 11 is 0. The van der Waals surface area contributed by atoms with E-state index in [1.165, 1.54) is 9.21 Å². The smallest absolute Gasteiger partial charge is 0.321 e. The molecule has 0 radical (unpaired) electrons. The Hall–Kier alpha value is -3.87. The summed E-state index contributed by atoms with van der Waals surface area (Å²) in [4.78, 5) is 32.3. The topological polar surface area (TPSA) is 112 Å². The van der Waals surface area contributed by atoms with Gasteiger partial charge in [-0.2, -0.15) is 4.31 Å². The first-order valence-electron chi connectivity index (χ1n) is 14.1. The van der Waals surface area contributed by atoms with E-state index in [9.17, 15) is 18.0 Å². The summed E-state index contributed by atoms with van der Waals surface area (Å²) in [5, 5.41) is 4.24. The normalized spacial score (nSPS) is 18.1. The van der Waals surface area contributed by atoms with Gasteiger partial charge in [0.1, 0.15) is 11.8 Å².